The van der Waals surface area contributed by atoms with E-state index in [2.05, 4.69) is 15.3 Å². The van der Waals surface area contributed by atoms with Crippen molar-refractivity contribution >= 4 is 29.2 Å². The maximum absolute atomic E-state index is 11.7. The Morgan fingerprint density at radius 2 is 2.11 bits per heavy atom. The van der Waals surface area contributed by atoms with E-state index in [9.17, 15) is 9.59 Å². The van der Waals surface area contributed by atoms with Crippen molar-refractivity contribution in [2.75, 3.05) is 5.32 Å². The second kappa shape index (κ2) is 4.89. The highest BCUT2D eigenvalue weighted by Gasteiger charge is 2.10. The van der Waals surface area contributed by atoms with Gasteiger partial charge in [0.05, 0.1) is 18.1 Å². The van der Waals surface area contributed by atoms with Gasteiger partial charge in [0.1, 0.15) is 5.69 Å². The van der Waals surface area contributed by atoms with Gasteiger partial charge in [0, 0.05) is 10.7 Å². The minimum absolute atomic E-state index is 0.00223. The van der Waals surface area contributed by atoms with Gasteiger partial charge in [0.2, 0.25) is 0 Å². The number of amides is 1. The number of hydrogen-bond acceptors (Lipinski definition) is 3. The van der Waals surface area contributed by atoms with Crippen LogP contribution in [0.4, 0.5) is 5.69 Å². The fourth-order valence-corrected chi connectivity index (χ4v) is 1.60. The van der Waals surface area contributed by atoms with Crippen molar-refractivity contribution in [3.05, 3.63) is 47.0 Å². The largest absolute Gasteiger partial charge is 0.478 e. The Morgan fingerprint density at radius 1 is 1.33 bits per heavy atom. The van der Waals surface area contributed by atoms with Gasteiger partial charge in [0.25, 0.3) is 5.91 Å². The molecule has 1 heterocycles. The molecule has 7 heteroatoms. The number of carbonyl (C=O) groups is 2. The van der Waals surface area contributed by atoms with Crippen LogP contribution in [0, 0.1) is 0 Å². The lowest BCUT2D eigenvalue weighted by molar-refractivity contribution is 0.0696. The van der Waals surface area contributed by atoms with Crippen LogP contribution in [0.3, 0.4) is 0 Å². The summed E-state index contributed by atoms with van der Waals surface area (Å²) in [7, 11) is 0. The van der Waals surface area contributed by atoms with Crippen LogP contribution < -0.4 is 5.32 Å². The Kier molecular flexibility index (Phi) is 3.29. The SMILES string of the molecule is O=C(O)c1cc(Cl)cc(NC(=O)c2cnc[nH]2)c1. The molecule has 92 valence electrons. The smallest absolute Gasteiger partial charge is 0.335 e. The first-order valence-electron chi connectivity index (χ1n) is 4.90. The molecule has 3 N–H and O–H groups in total. The number of nitrogens with zero attached hydrogens (tertiary/aromatic N) is 1. The molecule has 0 aliphatic carbocycles. The van der Waals surface area contributed by atoms with Crippen molar-refractivity contribution in [1.82, 2.24) is 9.97 Å². The van der Waals surface area contributed by atoms with Crippen LogP contribution in [0.15, 0.2) is 30.7 Å². The number of imidazole rings is 1. The molecule has 1 amide bonds. The molecule has 0 saturated carbocycles. The number of benzene rings is 1. The summed E-state index contributed by atoms with van der Waals surface area (Å²) >= 11 is 5.77. The molecule has 2 aromatic rings. The molecule has 0 radical (unpaired) electrons. The van der Waals surface area contributed by atoms with E-state index in [-0.39, 0.29) is 16.3 Å². The first kappa shape index (κ1) is 12.1. The van der Waals surface area contributed by atoms with Crippen molar-refractivity contribution in [2.45, 2.75) is 0 Å². The second-order valence-corrected chi connectivity index (χ2v) is 3.89. The van der Waals surface area contributed by atoms with Gasteiger partial charge in [-0.3, -0.25) is 4.79 Å². The van der Waals surface area contributed by atoms with Crippen molar-refractivity contribution < 1.29 is 14.7 Å². The number of H-pyrrole nitrogens is 1. The van der Waals surface area contributed by atoms with Crippen molar-refractivity contribution in [2.24, 2.45) is 0 Å². The number of anilines is 1. The monoisotopic (exact) mass is 265 g/mol. The number of aromatic nitrogens is 2. The molecule has 0 unspecified atom stereocenters. The number of hydrogen-bond donors (Lipinski definition) is 3. The summed E-state index contributed by atoms with van der Waals surface area (Å²) in [4.78, 5) is 28.9. The van der Waals surface area contributed by atoms with E-state index in [1.54, 1.807) is 0 Å². The van der Waals surface area contributed by atoms with E-state index in [0.29, 0.717) is 5.69 Å². The summed E-state index contributed by atoms with van der Waals surface area (Å²) < 4.78 is 0. The maximum atomic E-state index is 11.7. The Bertz CT molecular complexity index is 596. The maximum Gasteiger partial charge on any atom is 0.335 e. The highest BCUT2D eigenvalue weighted by molar-refractivity contribution is 6.31. The Hall–Kier alpha value is -2.34. The zero-order valence-corrected chi connectivity index (χ0v) is 9.73. The molecule has 2 rings (SSSR count). The van der Waals surface area contributed by atoms with Crippen LogP contribution in [0.2, 0.25) is 5.02 Å². The van der Waals surface area contributed by atoms with Crippen molar-refractivity contribution in [3.8, 4) is 0 Å². The summed E-state index contributed by atoms with van der Waals surface area (Å²) in [6.07, 6.45) is 2.73. The Morgan fingerprint density at radius 3 is 2.72 bits per heavy atom. The number of aromatic amines is 1. The Labute approximate surface area is 107 Å². The minimum atomic E-state index is -1.12. The summed E-state index contributed by atoms with van der Waals surface area (Å²) in [6.45, 7) is 0. The number of carbonyl (C=O) groups excluding carboxylic acids is 1. The lowest BCUT2D eigenvalue weighted by Gasteiger charge is -2.05. The predicted molar refractivity (Wildman–Crippen MR) is 65.0 cm³/mol. The number of rotatable bonds is 3. The highest BCUT2D eigenvalue weighted by atomic mass is 35.5. The van der Waals surface area contributed by atoms with E-state index in [1.807, 2.05) is 0 Å². The van der Waals surface area contributed by atoms with Gasteiger partial charge < -0.3 is 15.4 Å². The van der Waals surface area contributed by atoms with Gasteiger partial charge in [-0.25, -0.2) is 9.78 Å². The molecule has 0 spiro atoms. The quantitative estimate of drug-likeness (QED) is 0.791. The fourth-order valence-electron chi connectivity index (χ4n) is 1.36. The van der Waals surface area contributed by atoms with Crippen LogP contribution in [-0.4, -0.2) is 27.0 Å². The lowest BCUT2D eigenvalue weighted by atomic mass is 10.2. The lowest BCUT2D eigenvalue weighted by Crippen LogP contribution is -2.12. The van der Waals surface area contributed by atoms with E-state index < -0.39 is 11.9 Å². The molecule has 1 aromatic heterocycles. The van der Waals surface area contributed by atoms with Crippen LogP contribution in [0.25, 0.3) is 0 Å². The molecule has 1 aromatic carbocycles. The van der Waals surface area contributed by atoms with Crippen LogP contribution in [0.5, 0.6) is 0 Å². The van der Waals surface area contributed by atoms with E-state index in [4.69, 9.17) is 16.7 Å². The van der Waals surface area contributed by atoms with Gasteiger partial charge in [-0.05, 0) is 18.2 Å². The number of carboxylic acid groups (broad SMARTS) is 1. The molecular weight excluding hydrogens is 258 g/mol. The molecule has 0 aliphatic rings. The molecule has 0 aliphatic heterocycles. The van der Waals surface area contributed by atoms with Gasteiger partial charge >= 0.3 is 5.97 Å². The standard InChI is InChI=1S/C11H8ClN3O3/c12-7-1-6(11(17)18)2-8(3-7)15-10(16)9-4-13-5-14-9/h1-5H,(H,13,14)(H,15,16)(H,17,18). The van der Waals surface area contributed by atoms with E-state index in [1.165, 1.54) is 30.7 Å². The fraction of sp³-hybridized carbons (Fsp3) is 0. The van der Waals surface area contributed by atoms with Gasteiger partial charge in [-0.1, -0.05) is 11.6 Å². The summed E-state index contributed by atoms with van der Waals surface area (Å²) in [5.41, 5.74) is 0.578. The van der Waals surface area contributed by atoms with Crippen LogP contribution >= 0.6 is 11.6 Å². The van der Waals surface area contributed by atoms with Crippen LogP contribution in [0.1, 0.15) is 20.8 Å². The van der Waals surface area contributed by atoms with E-state index in [0.717, 1.165) is 0 Å². The molecule has 0 bridgehead atoms. The molecule has 0 saturated heterocycles. The topological polar surface area (TPSA) is 95.1 Å². The van der Waals surface area contributed by atoms with Crippen LogP contribution in [-0.2, 0) is 0 Å². The Balaban J connectivity index is 2.24. The predicted octanol–water partition coefficient (Wildman–Crippen LogP) is 2.01. The summed E-state index contributed by atoms with van der Waals surface area (Å²) in [5.74, 6) is -1.54. The van der Waals surface area contributed by atoms with Crippen molar-refractivity contribution in [1.29, 1.82) is 0 Å². The molecule has 18 heavy (non-hydrogen) atoms. The summed E-state index contributed by atoms with van der Waals surface area (Å²) in [6, 6.07) is 4.08. The normalized spacial score (nSPS) is 10.1. The molecular formula is C11H8ClN3O3. The average Bonchev–Trinajstić information content (AvgIpc) is 2.81. The molecule has 0 atom stereocenters. The second-order valence-electron chi connectivity index (χ2n) is 3.45. The van der Waals surface area contributed by atoms with Gasteiger partial charge in [-0.2, -0.15) is 0 Å². The van der Waals surface area contributed by atoms with Crippen molar-refractivity contribution in [3.63, 3.8) is 0 Å². The first-order chi connectivity index (χ1) is 8.56. The summed E-state index contributed by atoms with van der Waals surface area (Å²) in [5, 5.41) is 11.6. The zero-order valence-electron chi connectivity index (χ0n) is 8.98. The highest BCUT2D eigenvalue weighted by Crippen LogP contribution is 2.19. The third-order valence-electron chi connectivity index (χ3n) is 2.15. The average molecular weight is 266 g/mol. The van der Waals surface area contributed by atoms with E-state index >= 15 is 0 Å². The number of halogens is 1. The molecule has 6 nitrogen and oxygen atoms in total. The zero-order chi connectivity index (χ0) is 13.1. The third-order valence-corrected chi connectivity index (χ3v) is 2.36. The molecule has 0 fully saturated rings. The minimum Gasteiger partial charge on any atom is -0.478 e. The van der Waals surface area contributed by atoms with Gasteiger partial charge in [0.15, 0.2) is 0 Å². The first-order valence-corrected chi connectivity index (χ1v) is 5.27. The number of aromatic carboxylic acids is 1. The van der Waals surface area contributed by atoms with Gasteiger partial charge in [-0.15, -0.1) is 0 Å². The third kappa shape index (κ3) is 2.67. The number of carboxylic acids is 1. The number of nitrogens with one attached hydrogen (secondary N) is 2.